The first-order valence-corrected chi connectivity index (χ1v) is 10.5. The molecule has 3 rings (SSSR count). The zero-order valence-electron chi connectivity index (χ0n) is 19.2. The second-order valence-electron chi connectivity index (χ2n) is 6.93. The number of carboxylic acids is 1. The van der Waals surface area contributed by atoms with E-state index in [9.17, 15) is 29.1 Å². The maximum Gasteiger partial charge on any atom is 1.00 e. The number of aliphatic carboxylic acids is 1. The van der Waals surface area contributed by atoms with Crippen molar-refractivity contribution in [1.82, 2.24) is 15.5 Å². The van der Waals surface area contributed by atoms with E-state index in [1.807, 2.05) is 0 Å². The van der Waals surface area contributed by atoms with Gasteiger partial charge in [-0.05, 0) is 5.56 Å². The van der Waals surface area contributed by atoms with E-state index in [0.29, 0.717) is 12.0 Å². The van der Waals surface area contributed by atoms with Gasteiger partial charge in [0, 0.05) is 25.4 Å². The number of β-lactam (4-membered cyclic amide) rings is 1. The van der Waals surface area contributed by atoms with E-state index in [1.54, 1.807) is 30.3 Å². The number of hydrogen-bond acceptors (Lipinski definition) is 8. The van der Waals surface area contributed by atoms with Gasteiger partial charge >= 0.3 is 41.5 Å². The average Bonchev–Trinajstić information content (AvgIpc) is 2.78. The second kappa shape index (κ2) is 11.2. The van der Waals surface area contributed by atoms with Crippen molar-refractivity contribution in [1.29, 1.82) is 0 Å². The second-order valence-corrected chi connectivity index (χ2v) is 8.00. The van der Waals surface area contributed by atoms with Crippen molar-refractivity contribution in [3.8, 4) is 0 Å². The normalized spacial score (nSPS) is 22.2. The van der Waals surface area contributed by atoms with Gasteiger partial charge < -0.3 is 26.6 Å². The molecule has 0 aromatic heterocycles. The molecule has 13 heteroatoms. The zero-order valence-corrected chi connectivity index (χ0v) is 21.0. The molecule has 0 spiro atoms. The third-order valence-electron chi connectivity index (χ3n) is 5.02. The quantitative estimate of drug-likeness (QED) is 0.108. The maximum atomic E-state index is 13.1. The van der Waals surface area contributed by atoms with Crippen molar-refractivity contribution in [2.45, 2.75) is 24.1 Å². The molecule has 2 heterocycles. The molecule has 2 aliphatic rings. The summed E-state index contributed by atoms with van der Waals surface area (Å²) in [6.45, 7) is 0.919. The number of carbonyl (C=O) groups excluding carboxylic acids is 4. The van der Waals surface area contributed by atoms with E-state index < -0.39 is 40.9 Å². The molecule has 1 aromatic carbocycles. The Morgan fingerprint density at radius 1 is 1.36 bits per heavy atom. The van der Waals surface area contributed by atoms with Crippen LogP contribution in [-0.2, 0) is 33.4 Å². The van der Waals surface area contributed by atoms with Crippen LogP contribution in [0.25, 0.3) is 0 Å². The van der Waals surface area contributed by atoms with E-state index >= 15 is 0 Å². The Labute approximate surface area is 217 Å². The molecule has 0 radical (unpaired) electrons. The smallest absolute Gasteiger partial charge is 1.00 e. The fraction of sp³-hybridized carbons (Fsp3) is 0.350. The Bertz CT molecular complexity index is 995. The van der Waals surface area contributed by atoms with Crippen LogP contribution in [0.1, 0.15) is 20.0 Å². The number of benzene rings is 1. The number of thioether (sulfide) groups is 1. The summed E-state index contributed by atoms with van der Waals surface area (Å²) in [7, 11) is 1.22. The van der Waals surface area contributed by atoms with E-state index in [-0.39, 0.29) is 54.6 Å². The van der Waals surface area contributed by atoms with Crippen LogP contribution >= 0.6 is 11.8 Å². The van der Waals surface area contributed by atoms with Crippen LogP contribution in [0.2, 0.25) is 0 Å². The molecule has 172 valence electrons. The van der Waals surface area contributed by atoms with Gasteiger partial charge in [-0.25, -0.2) is 4.79 Å². The molecular weight excluding hydrogens is 465 g/mol. The summed E-state index contributed by atoms with van der Waals surface area (Å²) < 4.78 is 10.3. The first-order valence-electron chi connectivity index (χ1n) is 9.42. The molecule has 3 N–H and O–H groups in total. The zero-order chi connectivity index (χ0) is 23.5. The molecule has 1 fully saturated rings. The Hall–Kier alpha value is -2.38. The summed E-state index contributed by atoms with van der Waals surface area (Å²) in [6.07, 6.45) is 0.369. The molecule has 3 atom stereocenters. The molecule has 1 aromatic rings. The SMILES string of the molecule is CO[C@]1(NC(=O)C(NC=O)c2ccccc2)C(=O)N2C(C(=O)O)=C(COC(C)=O)CSC21.[H-].[Na+]. The number of methoxy groups -OCH3 is 1. The fourth-order valence-corrected chi connectivity index (χ4v) is 4.96. The Morgan fingerprint density at radius 2 is 2.03 bits per heavy atom. The summed E-state index contributed by atoms with van der Waals surface area (Å²) in [5, 5.41) is 13.7. The molecule has 0 aliphatic carbocycles. The standard InChI is InChI=1S/C20H21N3O8S.Na.H/c1-11(25)31-8-13-9-32-19-20(30-2,18(29)23(19)15(13)17(27)28)22-16(26)14(21-10-24)12-6-4-3-5-7-12;;/h3-7,10,14,19H,8-9H2,1-2H3,(H,21,24)(H,22,26)(H,27,28);;/q;+1;-1/t14?,19?,20-;;/m1../s1. The predicted molar refractivity (Wildman–Crippen MR) is 112 cm³/mol. The molecule has 11 nitrogen and oxygen atoms in total. The van der Waals surface area contributed by atoms with Gasteiger partial charge in [-0.1, -0.05) is 30.3 Å². The number of fused-ring (bicyclic) bond motifs is 1. The molecule has 0 saturated carbocycles. The maximum absolute atomic E-state index is 13.1. The molecular formula is C20H22N3NaO8S. The summed E-state index contributed by atoms with van der Waals surface area (Å²) in [5.74, 6) is -3.31. The molecule has 33 heavy (non-hydrogen) atoms. The van der Waals surface area contributed by atoms with Gasteiger partial charge in [0.2, 0.25) is 12.3 Å². The van der Waals surface area contributed by atoms with Crippen molar-refractivity contribution in [2.24, 2.45) is 0 Å². The van der Waals surface area contributed by atoms with Gasteiger partial charge in [0.15, 0.2) is 0 Å². The summed E-state index contributed by atoms with van der Waals surface area (Å²) in [4.78, 5) is 61.1. The molecule has 1 saturated heterocycles. The predicted octanol–water partition coefficient (Wildman–Crippen LogP) is -3.13. The first kappa shape index (κ1) is 26.9. The first-order chi connectivity index (χ1) is 15.3. The van der Waals surface area contributed by atoms with Gasteiger partial charge in [0.05, 0.1) is 0 Å². The van der Waals surface area contributed by atoms with Crippen LogP contribution in [-0.4, -0.2) is 70.7 Å². The molecule has 2 aliphatic heterocycles. The van der Waals surface area contributed by atoms with E-state index in [1.165, 1.54) is 14.0 Å². The van der Waals surface area contributed by atoms with Crippen LogP contribution < -0.4 is 40.2 Å². The van der Waals surface area contributed by atoms with Gasteiger partial charge in [0.25, 0.3) is 11.6 Å². The van der Waals surface area contributed by atoms with E-state index in [4.69, 9.17) is 9.47 Å². The topological polar surface area (TPSA) is 151 Å². The van der Waals surface area contributed by atoms with Crippen molar-refractivity contribution >= 4 is 41.9 Å². The average molecular weight is 487 g/mol. The number of nitrogens with zero attached hydrogens (tertiary/aromatic N) is 1. The van der Waals surface area contributed by atoms with Crippen molar-refractivity contribution in [2.75, 3.05) is 19.5 Å². The summed E-state index contributed by atoms with van der Waals surface area (Å²) >= 11 is 1.15. The van der Waals surface area contributed by atoms with Crippen LogP contribution in [0, 0.1) is 0 Å². The molecule has 2 unspecified atom stereocenters. The van der Waals surface area contributed by atoms with Gasteiger partial charge in [-0.3, -0.25) is 24.1 Å². The summed E-state index contributed by atoms with van der Waals surface area (Å²) in [6, 6.07) is 7.31. The molecule has 0 bridgehead atoms. The molecule has 3 amide bonds. The minimum Gasteiger partial charge on any atom is -1.00 e. The van der Waals surface area contributed by atoms with Gasteiger partial charge in [-0.15, -0.1) is 11.8 Å². The third-order valence-corrected chi connectivity index (χ3v) is 6.40. The summed E-state index contributed by atoms with van der Waals surface area (Å²) in [5.41, 5.74) is -1.40. The minimum atomic E-state index is -1.83. The van der Waals surface area contributed by atoms with Gasteiger partial charge in [0.1, 0.15) is 23.7 Å². The van der Waals surface area contributed by atoms with Crippen molar-refractivity contribution in [3.63, 3.8) is 0 Å². The largest absolute Gasteiger partial charge is 1.00 e. The van der Waals surface area contributed by atoms with Crippen LogP contribution in [0.5, 0.6) is 0 Å². The van der Waals surface area contributed by atoms with E-state index in [0.717, 1.165) is 16.7 Å². The minimum absolute atomic E-state index is 0. The number of carboxylic acid groups (broad SMARTS) is 1. The van der Waals surface area contributed by atoms with Gasteiger partial charge in [-0.2, -0.15) is 0 Å². The van der Waals surface area contributed by atoms with Crippen LogP contribution in [0.3, 0.4) is 0 Å². The number of hydrogen-bond donors (Lipinski definition) is 3. The number of esters is 1. The monoisotopic (exact) mass is 487 g/mol. The van der Waals surface area contributed by atoms with Crippen LogP contribution in [0.4, 0.5) is 0 Å². The Morgan fingerprint density at radius 3 is 2.58 bits per heavy atom. The van der Waals surface area contributed by atoms with Crippen LogP contribution in [0.15, 0.2) is 41.6 Å². The Balaban J connectivity index is 0.00000289. The van der Waals surface area contributed by atoms with Crippen molar-refractivity contribution < 1.29 is 69.5 Å². The Kier molecular flexibility index (Phi) is 9.09. The van der Waals surface area contributed by atoms with E-state index in [2.05, 4.69) is 10.6 Å². The third kappa shape index (κ3) is 5.09. The fourth-order valence-electron chi connectivity index (χ4n) is 3.54. The number of amides is 3. The number of ether oxygens (including phenoxy) is 2. The number of nitrogens with one attached hydrogen (secondary N) is 2. The number of carbonyl (C=O) groups is 5. The van der Waals surface area contributed by atoms with Crippen molar-refractivity contribution in [3.05, 3.63) is 47.2 Å². The number of rotatable bonds is 9.